The summed E-state index contributed by atoms with van der Waals surface area (Å²) in [4.78, 5) is 1.95. The minimum Gasteiger partial charge on any atom is -0.767 e. The van der Waals surface area contributed by atoms with E-state index in [1.165, 1.54) is 0 Å². The predicted molar refractivity (Wildman–Crippen MR) is 18.1 cm³/mol. The van der Waals surface area contributed by atoms with Crippen LogP contribution in [-0.4, -0.2) is 8.76 Å². The van der Waals surface area contributed by atoms with Crippen LogP contribution < -0.4 is 0 Å². The Morgan fingerprint density at radius 2 is 2.50 bits per heavy atom. The molecule has 1 atom stereocenters. The fraction of sp³-hybridized carbons (Fsp3) is 0. The third kappa shape index (κ3) is 3.42. The van der Waals surface area contributed by atoms with E-state index in [-0.39, 0.29) is 0 Å². The van der Waals surface area contributed by atoms with Crippen molar-refractivity contribution in [1.29, 1.82) is 0 Å². The molecule has 0 saturated heterocycles. The monoisotopic (exact) mass is 106 g/mol. The summed E-state index contributed by atoms with van der Waals surface area (Å²) in [5.74, 6) is 0. The van der Waals surface area contributed by atoms with Crippen LogP contribution in [-0.2, 0) is 11.3 Å². The normalized spacial score (nSPS) is 12.2. The van der Waals surface area contributed by atoms with Gasteiger partial charge in [0.2, 0.25) is 0 Å². The van der Waals surface area contributed by atoms with Crippen molar-refractivity contribution < 1.29 is 8.76 Å². The molecule has 0 aliphatic carbocycles. The Morgan fingerprint density at radius 3 is 2.50 bits per heavy atom. The van der Waals surface area contributed by atoms with E-state index < -0.39 is 11.3 Å². The van der Waals surface area contributed by atoms with Crippen molar-refractivity contribution in [2.75, 3.05) is 0 Å². The fourth-order valence-electron chi connectivity index (χ4n) is 0.0298. The van der Waals surface area contributed by atoms with E-state index in [2.05, 4.69) is 4.52 Å². The van der Waals surface area contributed by atoms with Crippen LogP contribution in [0.25, 0.3) is 10.4 Å². The lowest BCUT2D eigenvalue weighted by Gasteiger charge is -1.85. The molecule has 6 heteroatoms. The van der Waals surface area contributed by atoms with E-state index >= 15 is 0 Å². The number of azide groups is 1. The van der Waals surface area contributed by atoms with Crippen molar-refractivity contribution in [1.82, 2.24) is 0 Å². The van der Waals surface area contributed by atoms with Crippen molar-refractivity contribution in [3.05, 3.63) is 10.4 Å². The zero-order chi connectivity index (χ0) is 4.99. The van der Waals surface area contributed by atoms with E-state index in [1.54, 1.807) is 0 Å². The molecule has 6 heavy (non-hydrogen) atoms. The Morgan fingerprint density at radius 1 is 2.00 bits per heavy atom. The van der Waals surface area contributed by atoms with Gasteiger partial charge in [0.15, 0.2) is 0 Å². The molecule has 0 spiro atoms. The quantitative estimate of drug-likeness (QED) is 0.205. The maximum atomic E-state index is 9.18. The SMILES string of the molecule is [N-]=[N+]=NS(=O)[O-]. The van der Waals surface area contributed by atoms with E-state index in [4.69, 9.17) is 5.53 Å². The second kappa shape index (κ2) is 2.65. The van der Waals surface area contributed by atoms with Gasteiger partial charge in [-0.2, -0.15) is 0 Å². The van der Waals surface area contributed by atoms with Crippen LogP contribution in [0.15, 0.2) is 4.52 Å². The van der Waals surface area contributed by atoms with Crippen molar-refractivity contribution in [3.8, 4) is 0 Å². The van der Waals surface area contributed by atoms with E-state index in [0.717, 1.165) is 0 Å². The van der Waals surface area contributed by atoms with Crippen LogP contribution in [0.3, 0.4) is 0 Å². The van der Waals surface area contributed by atoms with Crippen LogP contribution >= 0.6 is 0 Å². The minimum atomic E-state index is -2.61. The van der Waals surface area contributed by atoms with E-state index in [0.29, 0.717) is 0 Å². The van der Waals surface area contributed by atoms with Crippen molar-refractivity contribution in [3.63, 3.8) is 0 Å². The van der Waals surface area contributed by atoms with Gasteiger partial charge in [0.25, 0.3) is 0 Å². The largest absolute Gasteiger partial charge is 0.767 e. The highest BCUT2D eigenvalue weighted by Gasteiger charge is 1.58. The maximum absolute atomic E-state index is 9.18. The number of hydrogen-bond donors (Lipinski definition) is 0. The summed E-state index contributed by atoms with van der Waals surface area (Å²) in [5, 5.41) is 0. The molecule has 0 aliphatic rings. The summed E-state index contributed by atoms with van der Waals surface area (Å²) in [7, 11) is 0. The predicted octanol–water partition coefficient (Wildman–Crippen LogP) is 0.0908. The van der Waals surface area contributed by atoms with Gasteiger partial charge < -0.3 is 4.55 Å². The Balaban J connectivity index is 3.60. The summed E-state index contributed by atoms with van der Waals surface area (Å²) < 4.78 is 20.6. The highest BCUT2D eigenvalue weighted by Crippen LogP contribution is 1.70. The third-order valence-electron chi connectivity index (χ3n) is 0.103. The van der Waals surface area contributed by atoms with Gasteiger partial charge in [-0.15, -0.1) is 0 Å². The Kier molecular flexibility index (Phi) is 2.39. The number of nitrogens with zero attached hydrogens (tertiary/aromatic N) is 3. The first-order valence-corrected chi connectivity index (χ1v) is 1.95. The maximum Gasteiger partial charge on any atom is 0.0367 e. The summed E-state index contributed by atoms with van der Waals surface area (Å²) in [6.07, 6.45) is 0. The van der Waals surface area contributed by atoms with Crippen LogP contribution in [0.2, 0.25) is 0 Å². The first-order valence-electron chi connectivity index (χ1n) is 0.916. The zero-order valence-electron chi connectivity index (χ0n) is 2.57. The molecular formula is N3O2S-. The third-order valence-corrected chi connectivity index (χ3v) is 0.310. The lowest BCUT2D eigenvalue weighted by Crippen LogP contribution is -1.71. The first kappa shape index (κ1) is 5.42. The van der Waals surface area contributed by atoms with Gasteiger partial charge in [-0.1, -0.05) is 0 Å². The van der Waals surface area contributed by atoms with Gasteiger partial charge in [0.05, 0.1) is 0 Å². The Bertz CT molecular complexity index is 101. The van der Waals surface area contributed by atoms with Crippen LogP contribution in [0.4, 0.5) is 0 Å². The molecule has 0 radical (unpaired) electrons. The van der Waals surface area contributed by atoms with Gasteiger partial charge >= 0.3 is 0 Å². The molecule has 0 heterocycles. The molecule has 0 aromatic carbocycles. The molecule has 5 nitrogen and oxygen atoms in total. The van der Waals surface area contributed by atoms with Gasteiger partial charge in [0.1, 0.15) is 0 Å². The summed E-state index contributed by atoms with van der Waals surface area (Å²) in [6.45, 7) is 0. The van der Waals surface area contributed by atoms with Crippen LogP contribution in [0, 0.1) is 0 Å². The van der Waals surface area contributed by atoms with Crippen LogP contribution in [0.5, 0.6) is 0 Å². The molecule has 0 amide bonds. The summed E-state index contributed by atoms with van der Waals surface area (Å²) >= 11 is -2.61. The standard InChI is InChI=1S/HN3O2S/c1-2-3-6(4)5/h(H,4,5)/p-1. The molecule has 0 fully saturated rings. The molecule has 1 unspecified atom stereocenters. The highest BCUT2D eigenvalue weighted by atomic mass is 32.2. The van der Waals surface area contributed by atoms with Crippen molar-refractivity contribution in [2.24, 2.45) is 4.52 Å². The zero-order valence-corrected chi connectivity index (χ0v) is 3.38. The topological polar surface area (TPSA) is 88.9 Å². The molecule has 0 N–H and O–H groups in total. The highest BCUT2D eigenvalue weighted by molar-refractivity contribution is 7.77. The molecule has 0 rings (SSSR count). The van der Waals surface area contributed by atoms with Crippen molar-refractivity contribution in [2.45, 2.75) is 0 Å². The average Bonchev–Trinajstić information content (AvgIpc) is 1.35. The minimum absolute atomic E-state index is 1.95. The van der Waals surface area contributed by atoms with Gasteiger partial charge in [-0.25, -0.2) is 0 Å². The van der Waals surface area contributed by atoms with Gasteiger partial charge in [0, 0.05) is 16.2 Å². The molecule has 34 valence electrons. The molecule has 0 aliphatic heterocycles. The lowest BCUT2D eigenvalue weighted by atomic mass is 13.0. The molecule has 0 saturated carbocycles. The van der Waals surface area contributed by atoms with Crippen LogP contribution in [0.1, 0.15) is 0 Å². The fourth-order valence-corrected chi connectivity index (χ4v) is 0.0894. The number of hydrogen-bond acceptors (Lipinski definition) is 2. The second-order valence-electron chi connectivity index (χ2n) is 0.388. The van der Waals surface area contributed by atoms with Gasteiger partial charge in [-0.05, 0) is 10.1 Å². The Hall–Kier alpha value is -0.580. The first-order chi connectivity index (χ1) is 2.77. The van der Waals surface area contributed by atoms with Gasteiger partial charge in [-0.3, -0.25) is 4.21 Å². The molecule has 0 aromatic heterocycles. The smallest absolute Gasteiger partial charge is 0.0367 e. The summed E-state index contributed by atoms with van der Waals surface area (Å²) in [6, 6.07) is 0. The Labute approximate surface area is 36.0 Å². The number of rotatable bonds is 1. The molecular weight excluding hydrogens is 106 g/mol. The second-order valence-corrected chi connectivity index (χ2v) is 0.986. The molecule has 0 aromatic rings. The lowest BCUT2D eigenvalue weighted by molar-refractivity contribution is 0.538. The van der Waals surface area contributed by atoms with Crippen molar-refractivity contribution >= 4 is 11.3 Å². The summed E-state index contributed by atoms with van der Waals surface area (Å²) in [5.41, 5.74) is 7.30. The van der Waals surface area contributed by atoms with E-state index in [1.807, 2.05) is 4.91 Å². The average molecular weight is 106 g/mol. The molecule has 0 bridgehead atoms. The van der Waals surface area contributed by atoms with E-state index in [9.17, 15) is 8.76 Å².